The summed E-state index contributed by atoms with van der Waals surface area (Å²) in [5.41, 5.74) is 0.165. The number of carbonyl (C=O) groups is 2. The van der Waals surface area contributed by atoms with E-state index < -0.39 is 17.8 Å². The summed E-state index contributed by atoms with van der Waals surface area (Å²) in [6.07, 6.45) is 1.67. The van der Waals surface area contributed by atoms with Crippen LogP contribution in [0.3, 0.4) is 0 Å². The van der Waals surface area contributed by atoms with Crippen LogP contribution in [0, 0.1) is 11.7 Å². The Labute approximate surface area is 139 Å². The molecule has 1 saturated carbocycles. The first-order valence-corrected chi connectivity index (χ1v) is 7.91. The third kappa shape index (κ3) is 5.18. The summed E-state index contributed by atoms with van der Waals surface area (Å²) in [5, 5.41) is 12.4. The third-order valence-corrected chi connectivity index (χ3v) is 4.17. The van der Waals surface area contributed by atoms with Crippen molar-refractivity contribution < 1.29 is 19.1 Å². The summed E-state index contributed by atoms with van der Waals surface area (Å²) < 4.78 is 12.9. The lowest BCUT2D eigenvalue weighted by Crippen LogP contribution is -2.37. The van der Waals surface area contributed by atoms with Crippen molar-refractivity contribution in [2.45, 2.75) is 25.4 Å². The van der Waals surface area contributed by atoms with Gasteiger partial charge in [-0.1, -0.05) is 11.6 Å². The Morgan fingerprint density at radius 2 is 2.17 bits per heavy atom. The zero-order valence-corrected chi connectivity index (χ0v) is 13.6. The maximum Gasteiger partial charge on any atom is 0.252 e. The molecule has 0 aromatic heterocycles. The molecule has 1 atom stereocenters. The molecule has 0 saturated heterocycles. The highest BCUT2D eigenvalue weighted by molar-refractivity contribution is 6.33. The number of carbonyl (C=O) groups excluding carboxylic acids is 2. The highest BCUT2D eigenvalue weighted by Crippen LogP contribution is 2.32. The number of aliphatic hydroxyl groups excluding tert-OH is 1. The monoisotopic (exact) mass is 342 g/mol. The first-order valence-electron chi connectivity index (χ1n) is 7.53. The Bertz CT molecular complexity index is 593. The first kappa shape index (κ1) is 17.7. The Morgan fingerprint density at radius 3 is 2.78 bits per heavy atom. The third-order valence-electron chi connectivity index (χ3n) is 3.85. The summed E-state index contributed by atoms with van der Waals surface area (Å²) in [6, 6.07) is 3.51. The summed E-state index contributed by atoms with van der Waals surface area (Å²) in [4.78, 5) is 25.3. The lowest BCUT2D eigenvalue weighted by atomic mass is 10.2. The van der Waals surface area contributed by atoms with Crippen molar-refractivity contribution in [3.05, 3.63) is 34.6 Å². The van der Waals surface area contributed by atoms with E-state index in [-0.39, 0.29) is 29.5 Å². The molecule has 7 heteroatoms. The van der Waals surface area contributed by atoms with E-state index in [4.69, 9.17) is 11.6 Å². The van der Waals surface area contributed by atoms with Crippen molar-refractivity contribution in [3.8, 4) is 0 Å². The second kappa shape index (κ2) is 7.75. The summed E-state index contributed by atoms with van der Waals surface area (Å²) in [7, 11) is 1.63. The first-order chi connectivity index (χ1) is 10.9. The van der Waals surface area contributed by atoms with E-state index in [0.29, 0.717) is 12.5 Å². The number of hydrogen-bond donors (Lipinski definition) is 2. The van der Waals surface area contributed by atoms with Gasteiger partial charge >= 0.3 is 0 Å². The molecule has 2 rings (SSSR count). The number of nitrogens with one attached hydrogen (secondary N) is 1. The number of amides is 2. The minimum Gasteiger partial charge on any atom is -0.391 e. The van der Waals surface area contributed by atoms with E-state index in [9.17, 15) is 19.1 Å². The van der Waals surface area contributed by atoms with Gasteiger partial charge in [0.25, 0.3) is 5.91 Å². The van der Waals surface area contributed by atoms with Crippen molar-refractivity contribution in [2.75, 3.05) is 20.1 Å². The molecular formula is C16H20ClFN2O3. The quantitative estimate of drug-likeness (QED) is 0.794. The molecule has 0 spiro atoms. The van der Waals surface area contributed by atoms with Crippen LogP contribution >= 0.6 is 11.6 Å². The smallest absolute Gasteiger partial charge is 0.252 e. The van der Waals surface area contributed by atoms with E-state index in [1.54, 1.807) is 7.05 Å². The Kier molecular flexibility index (Phi) is 5.96. The van der Waals surface area contributed by atoms with Crippen LogP contribution in [0.2, 0.25) is 5.02 Å². The molecule has 1 unspecified atom stereocenters. The molecule has 2 amide bonds. The fourth-order valence-electron chi connectivity index (χ4n) is 2.26. The van der Waals surface area contributed by atoms with Gasteiger partial charge in [0.2, 0.25) is 5.91 Å². The Balaban J connectivity index is 1.74. The Hall–Kier alpha value is -1.66. The highest BCUT2D eigenvalue weighted by atomic mass is 35.5. The fourth-order valence-corrected chi connectivity index (χ4v) is 2.51. The van der Waals surface area contributed by atoms with E-state index in [1.165, 1.54) is 11.0 Å². The van der Waals surface area contributed by atoms with Crippen LogP contribution in [0.25, 0.3) is 0 Å². The number of nitrogens with zero attached hydrogens (tertiary/aromatic N) is 1. The highest BCUT2D eigenvalue weighted by Gasteiger charge is 2.31. The molecule has 1 aromatic carbocycles. The van der Waals surface area contributed by atoms with Crippen LogP contribution in [0.4, 0.5) is 4.39 Å². The standard InChI is InChI=1S/C16H20ClFN2O3/c1-20(9-14(21)10-2-3-10)15(22)6-7-19-16(23)12-5-4-11(18)8-13(12)17/h4-5,8,10,14,21H,2-3,6-7,9H2,1H3,(H,19,23). The van der Waals surface area contributed by atoms with Crippen LogP contribution in [-0.4, -0.2) is 48.1 Å². The minimum atomic E-state index is -0.516. The number of likely N-dealkylation sites (N-methyl/N-ethyl adjacent to an activating group) is 1. The molecule has 1 aliphatic carbocycles. The maximum absolute atomic E-state index is 12.9. The molecule has 1 fully saturated rings. The molecular weight excluding hydrogens is 323 g/mol. The van der Waals surface area contributed by atoms with Crippen LogP contribution < -0.4 is 5.32 Å². The number of rotatable bonds is 7. The van der Waals surface area contributed by atoms with Gasteiger partial charge in [-0.15, -0.1) is 0 Å². The van der Waals surface area contributed by atoms with Gasteiger partial charge in [-0.25, -0.2) is 4.39 Å². The molecule has 0 aliphatic heterocycles. The lowest BCUT2D eigenvalue weighted by Gasteiger charge is -2.20. The van der Waals surface area contributed by atoms with E-state index >= 15 is 0 Å². The van der Waals surface area contributed by atoms with Gasteiger partial charge in [-0.2, -0.15) is 0 Å². The summed E-state index contributed by atoms with van der Waals surface area (Å²) >= 11 is 5.81. The summed E-state index contributed by atoms with van der Waals surface area (Å²) in [5.74, 6) is -0.818. The zero-order chi connectivity index (χ0) is 17.0. The molecule has 23 heavy (non-hydrogen) atoms. The van der Waals surface area contributed by atoms with Crippen LogP contribution in [0.5, 0.6) is 0 Å². The fraction of sp³-hybridized carbons (Fsp3) is 0.500. The van der Waals surface area contributed by atoms with Gasteiger partial charge in [-0.3, -0.25) is 9.59 Å². The van der Waals surface area contributed by atoms with Crippen LogP contribution in [0.1, 0.15) is 29.6 Å². The SMILES string of the molecule is CN(CC(O)C1CC1)C(=O)CCNC(=O)c1ccc(F)cc1Cl. The van der Waals surface area contributed by atoms with Gasteiger partial charge in [0.1, 0.15) is 5.82 Å². The molecule has 1 aliphatic rings. The predicted octanol–water partition coefficient (Wildman–Crippen LogP) is 1.83. The van der Waals surface area contributed by atoms with Crippen molar-refractivity contribution in [2.24, 2.45) is 5.92 Å². The second-order valence-electron chi connectivity index (χ2n) is 5.81. The molecule has 0 radical (unpaired) electrons. The number of aliphatic hydroxyl groups is 1. The van der Waals surface area contributed by atoms with Gasteiger partial charge < -0.3 is 15.3 Å². The zero-order valence-electron chi connectivity index (χ0n) is 12.9. The van der Waals surface area contributed by atoms with Gasteiger partial charge in [0.05, 0.1) is 16.7 Å². The molecule has 0 bridgehead atoms. The lowest BCUT2D eigenvalue weighted by molar-refractivity contribution is -0.131. The van der Waals surface area contributed by atoms with Crippen molar-refractivity contribution in [1.82, 2.24) is 10.2 Å². The second-order valence-corrected chi connectivity index (χ2v) is 6.22. The van der Waals surface area contributed by atoms with E-state index in [0.717, 1.165) is 25.0 Å². The number of benzene rings is 1. The van der Waals surface area contributed by atoms with E-state index in [1.807, 2.05) is 0 Å². The normalized spacial score (nSPS) is 15.1. The Morgan fingerprint density at radius 1 is 1.48 bits per heavy atom. The molecule has 2 N–H and O–H groups in total. The average molecular weight is 343 g/mol. The molecule has 1 aromatic rings. The van der Waals surface area contributed by atoms with Gasteiger partial charge in [0, 0.05) is 26.6 Å². The van der Waals surface area contributed by atoms with Gasteiger partial charge in [0.15, 0.2) is 0 Å². The van der Waals surface area contributed by atoms with Crippen molar-refractivity contribution in [3.63, 3.8) is 0 Å². The minimum absolute atomic E-state index is 0.0264. The predicted molar refractivity (Wildman–Crippen MR) is 84.7 cm³/mol. The van der Waals surface area contributed by atoms with Crippen LogP contribution in [-0.2, 0) is 4.79 Å². The number of hydrogen-bond acceptors (Lipinski definition) is 3. The molecule has 0 heterocycles. The van der Waals surface area contributed by atoms with Crippen molar-refractivity contribution in [1.29, 1.82) is 0 Å². The topological polar surface area (TPSA) is 69.6 Å². The molecule has 5 nitrogen and oxygen atoms in total. The molecule has 126 valence electrons. The van der Waals surface area contributed by atoms with Gasteiger partial charge in [-0.05, 0) is 37.0 Å². The van der Waals surface area contributed by atoms with Crippen molar-refractivity contribution >= 4 is 23.4 Å². The maximum atomic E-state index is 12.9. The summed E-state index contributed by atoms with van der Waals surface area (Å²) in [6.45, 7) is 0.455. The average Bonchev–Trinajstić information content (AvgIpc) is 3.31. The van der Waals surface area contributed by atoms with Crippen LogP contribution in [0.15, 0.2) is 18.2 Å². The number of halogens is 2. The largest absolute Gasteiger partial charge is 0.391 e. The van der Waals surface area contributed by atoms with E-state index in [2.05, 4.69) is 5.32 Å².